The zero-order chi connectivity index (χ0) is 16.4. The minimum Gasteiger partial charge on any atom is -0.497 e. The van der Waals surface area contributed by atoms with Crippen molar-refractivity contribution in [1.82, 2.24) is 14.8 Å². The molecule has 118 valence electrons. The second kappa shape index (κ2) is 6.00. The van der Waals surface area contributed by atoms with Gasteiger partial charge in [-0.15, -0.1) is 0 Å². The Morgan fingerprint density at radius 1 is 1.00 bits per heavy atom. The molecule has 1 N–H and O–H groups in total. The molecule has 0 aliphatic carbocycles. The van der Waals surface area contributed by atoms with Crippen LogP contribution in [0.5, 0.6) is 5.75 Å². The molecule has 24 heavy (non-hydrogen) atoms. The Morgan fingerprint density at radius 3 is 2.58 bits per heavy atom. The Bertz CT molecular complexity index is 964. The summed E-state index contributed by atoms with van der Waals surface area (Å²) < 4.78 is 8.99. The lowest BCUT2D eigenvalue weighted by Crippen LogP contribution is -2.22. The van der Waals surface area contributed by atoms with Crippen LogP contribution in [-0.4, -0.2) is 21.9 Å². The molecule has 0 bridgehead atoms. The minimum absolute atomic E-state index is 0.710. The Hall–Kier alpha value is -3.41. The van der Waals surface area contributed by atoms with Gasteiger partial charge >= 0.3 is 5.95 Å². The van der Waals surface area contributed by atoms with E-state index in [1.807, 2.05) is 75.9 Å². The number of methoxy groups -OCH3 is 1. The minimum atomic E-state index is 0.710. The van der Waals surface area contributed by atoms with Gasteiger partial charge in [0.2, 0.25) is 11.5 Å². The monoisotopic (exact) mass is 318 g/mol. The van der Waals surface area contributed by atoms with E-state index in [4.69, 9.17) is 4.74 Å². The molecule has 3 aromatic heterocycles. The average Bonchev–Trinajstić information content (AvgIpc) is 3.02. The molecule has 0 aliphatic heterocycles. The molecule has 0 saturated heterocycles. The quantitative estimate of drug-likeness (QED) is 0.588. The van der Waals surface area contributed by atoms with Crippen molar-refractivity contribution in [2.45, 2.75) is 0 Å². The molecule has 0 unspecified atom stereocenters. The molecule has 6 nitrogen and oxygen atoms in total. The van der Waals surface area contributed by atoms with Gasteiger partial charge in [0.25, 0.3) is 0 Å². The van der Waals surface area contributed by atoms with E-state index in [-0.39, 0.29) is 0 Å². The highest BCUT2D eigenvalue weighted by molar-refractivity contribution is 5.54. The van der Waals surface area contributed by atoms with E-state index in [0.717, 1.165) is 22.9 Å². The highest BCUT2D eigenvalue weighted by Crippen LogP contribution is 2.18. The molecule has 0 atom stereocenters. The third-order valence-electron chi connectivity index (χ3n) is 3.69. The number of aromatic nitrogens is 4. The zero-order valence-corrected chi connectivity index (χ0v) is 13.1. The summed E-state index contributed by atoms with van der Waals surface area (Å²) in [4.78, 5) is 4.38. The molecule has 4 aromatic rings. The summed E-state index contributed by atoms with van der Waals surface area (Å²) >= 11 is 0. The number of hydrogen-bond acceptors (Lipinski definition) is 4. The summed E-state index contributed by atoms with van der Waals surface area (Å²) in [5, 5.41) is 8.01. The Kier molecular flexibility index (Phi) is 3.55. The van der Waals surface area contributed by atoms with Crippen LogP contribution in [0.4, 0.5) is 11.6 Å². The van der Waals surface area contributed by atoms with E-state index in [2.05, 4.69) is 15.4 Å². The summed E-state index contributed by atoms with van der Waals surface area (Å²) in [5.74, 6) is 2.29. The van der Waals surface area contributed by atoms with Gasteiger partial charge < -0.3 is 4.74 Å². The number of ether oxygens (including phenoxy) is 1. The Morgan fingerprint density at radius 2 is 1.83 bits per heavy atom. The first-order valence-electron chi connectivity index (χ1n) is 7.57. The predicted molar refractivity (Wildman–Crippen MR) is 90.8 cm³/mol. The van der Waals surface area contributed by atoms with Gasteiger partial charge in [-0.25, -0.2) is 4.98 Å². The fourth-order valence-corrected chi connectivity index (χ4v) is 2.52. The van der Waals surface area contributed by atoms with Crippen LogP contribution in [0, 0.1) is 0 Å². The molecule has 4 rings (SSSR count). The van der Waals surface area contributed by atoms with Crippen LogP contribution in [-0.2, 0) is 0 Å². The third-order valence-corrected chi connectivity index (χ3v) is 3.69. The Balaban J connectivity index is 1.78. The Labute approximate surface area is 139 Å². The number of rotatable bonds is 4. The van der Waals surface area contributed by atoms with Crippen LogP contribution in [0.3, 0.4) is 0 Å². The van der Waals surface area contributed by atoms with Gasteiger partial charge in [0.05, 0.1) is 19.0 Å². The lowest BCUT2D eigenvalue weighted by molar-refractivity contribution is -0.496. The molecule has 0 radical (unpaired) electrons. The number of benzene rings is 1. The van der Waals surface area contributed by atoms with Crippen molar-refractivity contribution in [3.63, 3.8) is 0 Å². The summed E-state index contributed by atoms with van der Waals surface area (Å²) in [6.45, 7) is 0. The largest absolute Gasteiger partial charge is 0.497 e. The second-order valence-corrected chi connectivity index (χ2v) is 5.21. The first-order chi connectivity index (χ1) is 11.8. The second-order valence-electron chi connectivity index (χ2n) is 5.21. The number of fused-ring (bicyclic) bond motifs is 1. The first-order valence-corrected chi connectivity index (χ1v) is 7.57. The highest BCUT2D eigenvalue weighted by atomic mass is 16.5. The standard InChI is InChI=1S/C18H16N5O/c1-24-15-10-8-14(9-11-15)20-18-21-23(16-6-2-4-12-19-16)17-7-3-5-13-22(17)18/h2-13H,1H3,(H,20,21)/q+1. The maximum absolute atomic E-state index is 5.19. The van der Waals surface area contributed by atoms with Crippen LogP contribution in [0.1, 0.15) is 0 Å². The number of nitrogens with zero attached hydrogens (tertiary/aromatic N) is 4. The van der Waals surface area contributed by atoms with E-state index in [9.17, 15) is 0 Å². The zero-order valence-electron chi connectivity index (χ0n) is 13.1. The van der Waals surface area contributed by atoms with Gasteiger partial charge in [0, 0.05) is 17.4 Å². The smallest absolute Gasteiger partial charge is 0.387 e. The molecular formula is C18H16N5O+. The van der Waals surface area contributed by atoms with E-state index in [1.54, 1.807) is 13.3 Å². The molecule has 6 heteroatoms. The average molecular weight is 318 g/mol. The number of nitrogens with one attached hydrogen (secondary N) is 1. The van der Waals surface area contributed by atoms with Gasteiger partial charge in [0.1, 0.15) is 5.75 Å². The van der Waals surface area contributed by atoms with Gasteiger partial charge in [0.15, 0.2) is 0 Å². The van der Waals surface area contributed by atoms with E-state index >= 15 is 0 Å². The molecule has 1 aromatic carbocycles. The van der Waals surface area contributed by atoms with Crippen LogP contribution in [0.15, 0.2) is 73.1 Å². The van der Waals surface area contributed by atoms with Gasteiger partial charge in [-0.05, 0) is 42.5 Å². The maximum Gasteiger partial charge on any atom is 0.387 e. The lowest BCUT2D eigenvalue weighted by Gasteiger charge is -2.01. The SMILES string of the molecule is COc1ccc(Nc2nn(-c3ccccn3)c3cccc[n+]23)cc1. The summed E-state index contributed by atoms with van der Waals surface area (Å²) in [6, 6.07) is 19.4. The molecule has 0 saturated carbocycles. The predicted octanol–water partition coefficient (Wildman–Crippen LogP) is 2.76. The van der Waals surface area contributed by atoms with Crippen LogP contribution >= 0.6 is 0 Å². The summed E-state index contributed by atoms with van der Waals surface area (Å²) in [5.41, 5.74) is 1.85. The van der Waals surface area contributed by atoms with Gasteiger partial charge in [-0.3, -0.25) is 5.32 Å². The molecule has 0 spiro atoms. The van der Waals surface area contributed by atoms with Crippen LogP contribution in [0.2, 0.25) is 0 Å². The fourth-order valence-electron chi connectivity index (χ4n) is 2.52. The topological polar surface area (TPSA) is 56.1 Å². The van der Waals surface area contributed by atoms with Crippen molar-refractivity contribution >= 4 is 17.3 Å². The van der Waals surface area contributed by atoms with Crippen molar-refractivity contribution < 1.29 is 9.14 Å². The van der Waals surface area contributed by atoms with Crippen molar-refractivity contribution in [2.75, 3.05) is 12.4 Å². The molecule has 0 amide bonds. The molecule has 3 heterocycles. The number of anilines is 2. The normalized spacial score (nSPS) is 10.7. The van der Waals surface area contributed by atoms with E-state index in [0.29, 0.717) is 5.95 Å². The van der Waals surface area contributed by atoms with Crippen LogP contribution < -0.4 is 14.5 Å². The summed E-state index contributed by atoms with van der Waals surface area (Å²) in [7, 11) is 1.65. The van der Waals surface area contributed by atoms with Gasteiger partial charge in [-0.2, -0.15) is 4.40 Å². The number of hydrogen-bond donors (Lipinski definition) is 1. The van der Waals surface area contributed by atoms with Crippen molar-refractivity contribution in [3.8, 4) is 11.6 Å². The highest BCUT2D eigenvalue weighted by Gasteiger charge is 2.20. The molecule has 0 fully saturated rings. The number of pyridine rings is 2. The maximum atomic E-state index is 5.19. The summed E-state index contributed by atoms with van der Waals surface area (Å²) in [6.07, 6.45) is 3.72. The van der Waals surface area contributed by atoms with E-state index < -0.39 is 0 Å². The van der Waals surface area contributed by atoms with Crippen LogP contribution in [0.25, 0.3) is 11.5 Å². The fraction of sp³-hybridized carbons (Fsp3) is 0.0556. The van der Waals surface area contributed by atoms with Crippen molar-refractivity contribution in [3.05, 3.63) is 73.1 Å². The lowest BCUT2D eigenvalue weighted by atomic mass is 10.3. The van der Waals surface area contributed by atoms with Crippen molar-refractivity contribution in [2.24, 2.45) is 0 Å². The van der Waals surface area contributed by atoms with Gasteiger partial charge in [-0.1, -0.05) is 16.8 Å². The van der Waals surface area contributed by atoms with Crippen molar-refractivity contribution in [1.29, 1.82) is 0 Å². The first kappa shape index (κ1) is 14.2. The molecule has 0 aliphatic rings. The molecular weight excluding hydrogens is 302 g/mol. The van der Waals surface area contributed by atoms with E-state index in [1.165, 1.54) is 0 Å². The third kappa shape index (κ3) is 2.54.